The van der Waals surface area contributed by atoms with Gasteiger partial charge in [-0.25, -0.2) is 0 Å². The first kappa shape index (κ1) is 21.6. The SMILES string of the molecule is CC(=O)C[C@@H](C)COC1CCC(Oc2nc3c(C#N)cc(OC4CC4)cc3n2C)CC1. The number of aryl methyl sites for hydroxylation is 1. The summed E-state index contributed by atoms with van der Waals surface area (Å²) >= 11 is 0. The maximum atomic E-state index is 11.2. The Morgan fingerprint density at radius 2 is 1.81 bits per heavy atom. The highest BCUT2D eigenvalue weighted by molar-refractivity contribution is 5.84. The molecule has 1 heterocycles. The fraction of sp³-hybridized carbons (Fsp3) is 0.625. The first-order valence-electron chi connectivity index (χ1n) is 11.3. The molecule has 0 N–H and O–H groups in total. The number of Topliss-reactive ketones (excluding diaryl/α,β-unsaturated/α-hetero) is 1. The molecule has 0 saturated heterocycles. The molecule has 0 amide bonds. The Kier molecular flexibility index (Phi) is 6.47. The second kappa shape index (κ2) is 9.27. The predicted molar refractivity (Wildman–Crippen MR) is 116 cm³/mol. The minimum Gasteiger partial charge on any atom is -0.490 e. The highest BCUT2D eigenvalue weighted by Gasteiger charge is 2.27. The van der Waals surface area contributed by atoms with Crippen molar-refractivity contribution < 1.29 is 19.0 Å². The summed E-state index contributed by atoms with van der Waals surface area (Å²) < 4.78 is 20.1. The molecule has 1 aromatic carbocycles. The van der Waals surface area contributed by atoms with Crippen molar-refractivity contribution in [3.8, 4) is 17.8 Å². The van der Waals surface area contributed by atoms with Gasteiger partial charge in [0, 0.05) is 32.2 Å². The summed E-state index contributed by atoms with van der Waals surface area (Å²) in [6.07, 6.45) is 6.96. The molecule has 1 aromatic heterocycles. The lowest BCUT2D eigenvalue weighted by molar-refractivity contribution is -0.118. The summed E-state index contributed by atoms with van der Waals surface area (Å²) in [4.78, 5) is 15.8. The van der Waals surface area contributed by atoms with E-state index in [1.54, 1.807) is 13.0 Å². The normalized spacial score (nSPS) is 22.1. The maximum absolute atomic E-state index is 11.2. The summed E-state index contributed by atoms with van der Waals surface area (Å²) in [7, 11) is 1.91. The molecule has 4 rings (SSSR count). The third-order valence-corrected chi connectivity index (χ3v) is 6.01. The van der Waals surface area contributed by atoms with Gasteiger partial charge in [-0.2, -0.15) is 10.2 Å². The second-order valence-corrected chi connectivity index (χ2v) is 9.08. The van der Waals surface area contributed by atoms with Crippen molar-refractivity contribution >= 4 is 16.8 Å². The van der Waals surface area contributed by atoms with Gasteiger partial charge in [0.1, 0.15) is 29.2 Å². The van der Waals surface area contributed by atoms with Crippen LogP contribution in [0.25, 0.3) is 11.0 Å². The van der Waals surface area contributed by atoms with Crippen LogP contribution in [0.15, 0.2) is 12.1 Å². The van der Waals surface area contributed by atoms with Gasteiger partial charge in [-0.15, -0.1) is 0 Å². The number of ether oxygens (including phenoxy) is 3. The van der Waals surface area contributed by atoms with Crippen LogP contribution in [0.4, 0.5) is 0 Å². The molecule has 7 heteroatoms. The van der Waals surface area contributed by atoms with Gasteiger partial charge in [0.15, 0.2) is 0 Å². The first-order chi connectivity index (χ1) is 14.9. The number of aromatic nitrogens is 2. The molecule has 0 spiro atoms. The Morgan fingerprint density at radius 1 is 1.16 bits per heavy atom. The number of nitrogens with zero attached hydrogens (tertiary/aromatic N) is 3. The van der Waals surface area contributed by atoms with Crippen molar-refractivity contribution in [2.45, 2.75) is 77.1 Å². The molecule has 0 radical (unpaired) electrons. The number of fused-ring (bicyclic) bond motifs is 1. The minimum atomic E-state index is 0.0812. The fourth-order valence-electron chi connectivity index (χ4n) is 4.19. The largest absolute Gasteiger partial charge is 0.490 e. The van der Waals surface area contributed by atoms with E-state index in [2.05, 4.69) is 18.0 Å². The van der Waals surface area contributed by atoms with Crippen LogP contribution in [0.5, 0.6) is 11.8 Å². The topological polar surface area (TPSA) is 86.4 Å². The summed E-state index contributed by atoms with van der Waals surface area (Å²) in [5, 5.41) is 9.57. The molecule has 0 bridgehead atoms. The van der Waals surface area contributed by atoms with Crippen molar-refractivity contribution in [3.63, 3.8) is 0 Å². The van der Waals surface area contributed by atoms with Crippen LogP contribution < -0.4 is 9.47 Å². The van der Waals surface area contributed by atoms with Gasteiger partial charge in [0.05, 0.1) is 23.3 Å². The molecule has 0 aliphatic heterocycles. The summed E-state index contributed by atoms with van der Waals surface area (Å²) in [5.74, 6) is 1.19. The number of imidazole rings is 1. The molecule has 0 unspecified atom stereocenters. The van der Waals surface area contributed by atoms with E-state index in [0.717, 1.165) is 49.8 Å². The van der Waals surface area contributed by atoms with Crippen LogP contribution in [0, 0.1) is 17.2 Å². The van der Waals surface area contributed by atoms with E-state index in [-0.39, 0.29) is 30.0 Å². The molecular weight excluding hydrogens is 394 g/mol. The van der Waals surface area contributed by atoms with Crippen molar-refractivity contribution in [2.24, 2.45) is 13.0 Å². The zero-order valence-electron chi connectivity index (χ0n) is 18.6. The maximum Gasteiger partial charge on any atom is 0.297 e. The van der Waals surface area contributed by atoms with E-state index in [1.807, 2.05) is 17.7 Å². The fourth-order valence-corrected chi connectivity index (χ4v) is 4.19. The number of rotatable bonds is 9. The number of nitriles is 1. The number of hydrogen-bond acceptors (Lipinski definition) is 6. The van der Waals surface area contributed by atoms with E-state index in [1.165, 1.54) is 0 Å². The lowest BCUT2D eigenvalue weighted by Gasteiger charge is -2.29. The number of benzene rings is 1. The third kappa shape index (κ3) is 5.37. The van der Waals surface area contributed by atoms with Crippen molar-refractivity contribution in [3.05, 3.63) is 17.7 Å². The zero-order valence-corrected chi connectivity index (χ0v) is 18.6. The minimum absolute atomic E-state index is 0.0812. The zero-order chi connectivity index (χ0) is 22.0. The monoisotopic (exact) mass is 425 g/mol. The van der Waals surface area contributed by atoms with E-state index >= 15 is 0 Å². The van der Waals surface area contributed by atoms with Crippen LogP contribution in [0.3, 0.4) is 0 Å². The smallest absolute Gasteiger partial charge is 0.297 e. The molecule has 7 nitrogen and oxygen atoms in total. The third-order valence-electron chi connectivity index (χ3n) is 6.01. The Labute approximate surface area is 183 Å². The molecule has 1 atom stereocenters. The van der Waals surface area contributed by atoms with Gasteiger partial charge in [0.2, 0.25) is 0 Å². The number of carbonyl (C=O) groups is 1. The van der Waals surface area contributed by atoms with Crippen LogP contribution in [-0.2, 0) is 16.6 Å². The van der Waals surface area contributed by atoms with Crippen LogP contribution >= 0.6 is 0 Å². The van der Waals surface area contributed by atoms with E-state index in [0.29, 0.717) is 30.1 Å². The molecule has 2 aliphatic carbocycles. The second-order valence-electron chi connectivity index (χ2n) is 9.08. The van der Waals surface area contributed by atoms with Crippen LogP contribution in [-0.4, -0.2) is 40.3 Å². The van der Waals surface area contributed by atoms with E-state index in [9.17, 15) is 10.1 Å². The Bertz CT molecular complexity index is 981. The van der Waals surface area contributed by atoms with Gasteiger partial charge in [-0.05, 0) is 51.4 Å². The molecule has 31 heavy (non-hydrogen) atoms. The quantitative estimate of drug-likeness (QED) is 0.595. The van der Waals surface area contributed by atoms with Crippen LogP contribution in [0.2, 0.25) is 0 Å². The van der Waals surface area contributed by atoms with Crippen molar-refractivity contribution in [2.75, 3.05) is 6.61 Å². The molecule has 2 saturated carbocycles. The van der Waals surface area contributed by atoms with Gasteiger partial charge < -0.3 is 19.0 Å². The van der Waals surface area contributed by atoms with Gasteiger partial charge >= 0.3 is 0 Å². The number of carbonyl (C=O) groups excluding carboxylic acids is 1. The molecule has 2 aliphatic rings. The molecule has 2 aromatic rings. The summed E-state index contributed by atoms with van der Waals surface area (Å²) in [6.45, 7) is 4.31. The molecule has 166 valence electrons. The predicted octanol–water partition coefficient (Wildman–Crippen LogP) is 4.31. The molecular formula is C24H31N3O4. The number of hydrogen-bond donors (Lipinski definition) is 0. The van der Waals surface area contributed by atoms with E-state index in [4.69, 9.17) is 14.2 Å². The van der Waals surface area contributed by atoms with Gasteiger partial charge in [0.25, 0.3) is 6.01 Å². The van der Waals surface area contributed by atoms with Gasteiger partial charge in [-0.1, -0.05) is 6.92 Å². The summed E-state index contributed by atoms with van der Waals surface area (Å²) in [5.41, 5.74) is 2.01. The van der Waals surface area contributed by atoms with Crippen molar-refractivity contribution in [1.82, 2.24) is 9.55 Å². The average molecular weight is 426 g/mol. The van der Waals surface area contributed by atoms with Crippen LogP contribution in [0.1, 0.15) is 64.4 Å². The van der Waals surface area contributed by atoms with Crippen molar-refractivity contribution in [1.29, 1.82) is 5.26 Å². The molecule has 2 fully saturated rings. The summed E-state index contributed by atoms with van der Waals surface area (Å²) in [6, 6.07) is 6.49. The highest BCUT2D eigenvalue weighted by atomic mass is 16.5. The highest BCUT2D eigenvalue weighted by Crippen LogP contribution is 2.33. The van der Waals surface area contributed by atoms with E-state index < -0.39 is 0 Å². The Hall–Kier alpha value is -2.59. The first-order valence-corrected chi connectivity index (χ1v) is 11.3. The average Bonchev–Trinajstić information content (AvgIpc) is 3.50. The lowest BCUT2D eigenvalue weighted by Crippen LogP contribution is -2.30. The Balaban J connectivity index is 1.36. The van der Waals surface area contributed by atoms with Gasteiger partial charge in [-0.3, -0.25) is 4.57 Å². The Morgan fingerprint density at radius 3 is 2.45 bits per heavy atom. The lowest BCUT2D eigenvalue weighted by atomic mass is 9.95. The number of ketones is 1. The standard InChI is InChI=1S/C24H31N3O4/c1-15(10-16(2)28)14-29-18-4-6-20(7-5-18)31-24-26-23-17(13-25)11-21(30-19-8-9-19)12-22(23)27(24)3/h11-12,15,18-20H,4-10,14H2,1-3H3/t15-,18?,20?/m1/s1.